The van der Waals surface area contributed by atoms with Crippen molar-refractivity contribution in [3.8, 4) is 5.82 Å². The number of rotatable bonds is 1. The van der Waals surface area contributed by atoms with E-state index < -0.39 is 0 Å². The Morgan fingerprint density at radius 2 is 1.76 bits per heavy atom. The van der Waals surface area contributed by atoms with Crippen LogP contribution < -0.4 is 4.57 Å². The zero-order valence-electron chi connectivity index (χ0n) is 13.2. The summed E-state index contributed by atoms with van der Waals surface area (Å²) >= 11 is 0. The Kier molecular flexibility index (Phi) is 2.35. The first-order chi connectivity index (χ1) is 10.7. The van der Waals surface area contributed by atoms with Crippen LogP contribution in [-0.4, -0.2) is 4.57 Å². The molecule has 2 heteroatoms. The Labute approximate surface area is 125 Å². The molecule has 2 aromatic carbocycles. The molecule has 2 heterocycles. The SMILES string of the molecule is [2H]c1cc[n+](C)c(-n2c3ccccc3c3cccc(C)c32)c1. The first-order valence-corrected chi connectivity index (χ1v) is 7.12. The smallest absolute Gasteiger partial charge is 0.237 e. The van der Waals surface area contributed by atoms with Crippen LogP contribution in [0.4, 0.5) is 0 Å². The molecular weight excluding hydrogens is 256 g/mol. The number of pyridine rings is 1. The fourth-order valence-electron chi connectivity index (χ4n) is 3.11. The second kappa shape index (κ2) is 4.45. The summed E-state index contributed by atoms with van der Waals surface area (Å²) in [5.74, 6) is 1.01. The van der Waals surface area contributed by atoms with Gasteiger partial charge in [0.2, 0.25) is 0 Å². The average molecular weight is 274 g/mol. The van der Waals surface area contributed by atoms with Crippen molar-refractivity contribution in [2.24, 2.45) is 7.05 Å². The van der Waals surface area contributed by atoms with Gasteiger partial charge in [-0.25, -0.2) is 4.57 Å². The van der Waals surface area contributed by atoms with E-state index in [0.717, 1.165) is 5.82 Å². The second-order valence-corrected chi connectivity index (χ2v) is 5.42. The minimum atomic E-state index is 0.521. The van der Waals surface area contributed by atoms with Crippen LogP contribution in [-0.2, 0) is 7.05 Å². The number of hydrogen-bond donors (Lipinski definition) is 0. The summed E-state index contributed by atoms with van der Waals surface area (Å²) in [7, 11) is 2.02. The summed E-state index contributed by atoms with van der Waals surface area (Å²) in [6.45, 7) is 2.14. The topological polar surface area (TPSA) is 8.81 Å². The number of fused-ring (bicyclic) bond motifs is 3. The van der Waals surface area contributed by atoms with Crippen molar-refractivity contribution in [2.75, 3.05) is 0 Å². The number of para-hydroxylation sites is 2. The molecule has 0 aliphatic rings. The van der Waals surface area contributed by atoms with Gasteiger partial charge in [0.25, 0.3) is 5.82 Å². The fraction of sp³-hybridized carbons (Fsp3) is 0.105. The van der Waals surface area contributed by atoms with E-state index in [1.807, 2.05) is 25.4 Å². The van der Waals surface area contributed by atoms with E-state index in [9.17, 15) is 0 Å². The molecule has 0 radical (unpaired) electrons. The third-order valence-corrected chi connectivity index (χ3v) is 4.09. The molecule has 0 saturated carbocycles. The summed E-state index contributed by atoms with van der Waals surface area (Å²) in [4.78, 5) is 0. The van der Waals surface area contributed by atoms with E-state index in [2.05, 4.69) is 58.5 Å². The van der Waals surface area contributed by atoms with E-state index in [1.54, 1.807) is 0 Å². The number of aromatic nitrogens is 2. The summed E-state index contributed by atoms with van der Waals surface area (Å²) in [5, 5.41) is 2.50. The molecule has 0 bridgehead atoms. The number of aryl methyl sites for hydroxylation is 2. The van der Waals surface area contributed by atoms with Crippen molar-refractivity contribution in [2.45, 2.75) is 6.92 Å². The lowest BCUT2D eigenvalue weighted by molar-refractivity contribution is -0.665. The summed E-state index contributed by atoms with van der Waals surface area (Å²) < 4.78 is 12.3. The zero-order chi connectivity index (χ0) is 15.3. The van der Waals surface area contributed by atoms with Crippen LogP contribution in [0.25, 0.3) is 27.6 Å². The maximum atomic E-state index is 7.98. The molecule has 0 aliphatic heterocycles. The van der Waals surface area contributed by atoms with Crippen molar-refractivity contribution >= 4 is 21.8 Å². The molecule has 0 fully saturated rings. The molecule has 0 saturated heterocycles. The van der Waals surface area contributed by atoms with E-state index >= 15 is 0 Å². The Morgan fingerprint density at radius 3 is 2.67 bits per heavy atom. The molecule has 4 rings (SSSR count). The third kappa shape index (κ3) is 1.69. The van der Waals surface area contributed by atoms with Crippen LogP contribution in [0.5, 0.6) is 0 Å². The van der Waals surface area contributed by atoms with Crippen LogP contribution in [0, 0.1) is 6.92 Å². The minimum Gasteiger partial charge on any atom is -0.237 e. The minimum absolute atomic E-state index is 0.521. The predicted molar refractivity (Wildman–Crippen MR) is 86.7 cm³/mol. The fourth-order valence-corrected chi connectivity index (χ4v) is 3.11. The van der Waals surface area contributed by atoms with Crippen LogP contribution >= 0.6 is 0 Å². The predicted octanol–water partition coefficient (Wildman–Crippen LogP) is 3.92. The Hall–Kier alpha value is -2.61. The molecule has 0 N–H and O–H groups in total. The van der Waals surface area contributed by atoms with Crippen LogP contribution in [0.1, 0.15) is 6.93 Å². The highest BCUT2D eigenvalue weighted by molar-refractivity contribution is 6.09. The van der Waals surface area contributed by atoms with Gasteiger partial charge in [-0.3, -0.25) is 0 Å². The molecule has 4 aromatic rings. The van der Waals surface area contributed by atoms with Gasteiger partial charge in [-0.15, -0.1) is 0 Å². The van der Waals surface area contributed by atoms with Crippen molar-refractivity contribution in [1.82, 2.24) is 4.57 Å². The Balaban J connectivity index is 2.27. The quantitative estimate of drug-likeness (QED) is 0.465. The Bertz CT molecular complexity index is 1010. The molecule has 2 nitrogen and oxygen atoms in total. The largest absolute Gasteiger partial charge is 0.286 e. The van der Waals surface area contributed by atoms with E-state index in [4.69, 9.17) is 1.37 Å². The maximum Gasteiger partial charge on any atom is 0.286 e. The molecular formula is C19H17N2+. The molecule has 0 amide bonds. The maximum absolute atomic E-state index is 7.98. The van der Waals surface area contributed by atoms with Crippen LogP contribution in [0.2, 0.25) is 0 Å². The molecule has 21 heavy (non-hydrogen) atoms. The molecule has 0 atom stereocenters. The number of hydrogen-bond acceptors (Lipinski definition) is 0. The van der Waals surface area contributed by atoms with Crippen molar-refractivity contribution < 1.29 is 5.94 Å². The lowest BCUT2D eigenvalue weighted by atomic mass is 10.1. The van der Waals surface area contributed by atoms with Gasteiger partial charge in [0.1, 0.15) is 11.0 Å². The van der Waals surface area contributed by atoms with Crippen LogP contribution in [0.15, 0.2) is 66.8 Å². The first-order valence-electron chi connectivity index (χ1n) is 7.62. The summed E-state index contributed by atoms with van der Waals surface area (Å²) in [5.41, 5.74) is 3.63. The third-order valence-electron chi connectivity index (χ3n) is 4.09. The highest BCUT2D eigenvalue weighted by atomic mass is 15.1. The van der Waals surface area contributed by atoms with E-state index in [-0.39, 0.29) is 0 Å². The lowest BCUT2D eigenvalue weighted by Crippen LogP contribution is -2.33. The summed E-state index contributed by atoms with van der Waals surface area (Å²) in [6.07, 6.45) is 1.94. The zero-order valence-corrected chi connectivity index (χ0v) is 12.2. The molecule has 2 aromatic heterocycles. The number of nitrogens with zero attached hydrogens (tertiary/aromatic N) is 2. The van der Waals surface area contributed by atoms with Crippen molar-refractivity contribution in [1.29, 1.82) is 0 Å². The second-order valence-electron chi connectivity index (χ2n) is 5.42. The summed E-state index contributed by atoms with van der Waals surface area (Å²) in [6, 6.07) is 19.1. The molecule has 102 valence electrons. The monoisotopic (exact) mass is 274 g/mol. The highest BCUT2D eigenvalue weighted by Crippen LogP contribution is 2.32. The van der Waals surface area contributed by atoms with Gasteiger partial charge in [0.15, 0.2) is 0 Å². The van der Waals surface area contributed by atoms with Crippen molar-refractivity contribution in [3.63, 3.8) is 0 Å². The van der Waals surface area contributed by atoms with Crippen LogP contribution in [0.3, 0.4) is 0 Å². The van der Waals surface area contributed by atoms with Gasteiger partial charge < -0.3 is 0 Å². The first kappa shape index (κ1) is 11.1. The molecule has 0 aliphatic carbocycles. The number of benzene rings is 2. The molecule has 0 unspecified atom stereocenters. The highest BCUT2D eigenvalue weighted by Gasteiger charge is 2.20. The molecule has 0 spiro atoms. The van der Waals surface area contributed by atoms with E-state index in [1.165, 1.54) is 27.4 Å². The Morgan fingerprint density at radius 1 is 0.952 bits per heavy atom. The van der Waals surface area contributed by atoms with Gasteiger partial charge in [-0.1, -0.05) is 30.3 Å². The van der Waals surface area contributed by atoms with Gasteiger partial charge >= 0.3 is 0 Å². The van der Waals surface area contributed by atoms with E-state index in [0.29, 0.717) is 6.04 Å². The average Bonchev–Trinajstić information content (AvgIpc) is 2.86. The van der Waals surface area contributed by atoms with Crippen molar-refractivity contribution in [3.05, 3.63) is 72.4 Å². The van der Waals surface area contributed by atoms with Gasteiger partial charge in [0, 0.05) is 16.8 Å². The lowest BCUT2D eigenvalue weighted by Gasteiger charge is -2.04. The normalized spacial score (nSPS) is 12.0. The standard InChI is InChI=1S/C19H17N2/c1-14-8-7-10-16-15-9-3-4-11-17(15)21(19(14)16)18-12-5-6-13-20(18)2/h3-13H,1-2H3/q+1/i5D. The van der Waals surface area contributed by atoms with Gasteiger partial charge in [-0.2, -0.15) is 4.57 Å². The van der Waals surface area contributed by atoms with Gasteiger partial charge in [0.05, 0.1) is 14.6 Å². The van der Waals surface area contributed by atoms with Gasteiger partial charge in [-0.05, 0) is 36.8 Å².